The van der Waals surface area contributed by atoms with Crippen LogP contribution in [-0.2, 0) is 16.0 Å². The lowest BCUT2D eigenvalue weighted by Gasteiger charge is -2.33. The first-order valence-electron chi connectivity index (χ1n) is 8.69. The molecule has 140 valence electrons. The van der Waals surface area contributed by atoms with Gasteiger partial charge >= 0.3 is 12.0 Å². The molecule has 1 fully saturated rings. The lowest BCUT2D eigenvalue weighted by atomic mass is 9.89. The van der Waals surface area contributed by atoms with Gasteiger partial charge in [-0.2, -0.15) is 0 Å². The molecule has 0 saturated carbocycles. The van der Waals surface area contributed by atoms with Crippen LogP contribution in [-0.4, -0.2) is 25.7 Å². The van der Waals surface area contributed by atoms with Crippen molar-refractivity contribution in [1.29, 1.82) is 0 Å². The smallest absolute Gasteiger partial charge is 0.319 e. The van der Waals surface area contributed by atoms with Crippen molar-refractivity contribution in [3.63, 3.8) is 0 Å². The van der Waals surface area contributed by atoms with Crippen molar-refractivity contribution in [2.45, 2.75) is 12.5 Å². The Morgan fingerprint density at radius 2 is 1.93 bits per heavy atom. The second-order valence-electron chi connectivity index (χ2n) is 6.26. The standard InChI is InChI=1S/C21H22N2O4/c1-14-18(20(24)27-12-11-15-7-4-3-5-8-15)19(23-21(25)22-14)16-9-6-10-17(13-16)26-2/h3-10,13,18-19H,1,11-12H2,2H3,(H2,22,23,25)/t18-,19+/m0/s1. The molecule has 1 aliphatic heterocycles. The van der Waals surface area contributed by atoms with Gasteiger partial charge in [-0.25, -0.2) is 4.79 Å². The molecule has 0 bridgehead atoms. The second-order valence-corrected chi connectivity index (χ2v) is 6.26. The van der Waals surface area contributed by atoms with E-state index in [9.17, 15) is 9.59 Å². The van der Waals surface area contributed by atoms with Crippen LogP contribution in [0.2, 0.25) is 0 Å². The van der Waals surface area contributed by atoms with Crippen LogP contribution in [0.5, 0.6) is 5.75 Å². The monoisotopic (exact) mass is 366 g/mol. The van der Waals surface area contributed by atoms with Gasteiger partial charge < -0.3 is 20.1 Å². The lowest BCUT2D eigenvalue weighted by molar-refractivity contribution is -0.148. The number of carbonyl (C=O) groups excluding carboxylic acids is 2. The van der Waals surface area contributed by atoms with E-state index in [1.807, 2.05) is 42.5 Å². The van der Waals surface area contributed by atoms with Gasteiger partial charge in [0.25, 0.3) is 0 Å². The van der Waals surface area contributed by atoms with Gasteiger partial charge in [0.2, 0.25) is 0 Å². The van der Waals surface area contributed by atoms with E-state index in [0.29, 0.717) is 17.9 Å². The van der Waals surface area contributed by atoms with Crippen molar-refractivity contribution in [3.05, 3.63) is 78.0 Å². The summed E-state index contributed by atoms with van der Waals surface area (Å²) in [6.45, 7) is 4.10. The summed E-state index contributed by atoms with van der Waals surface area (Å²) in [5.41, 5.74) is 2.15. The van der Waals surface area contributed by atoms with Gasteiger partial charge in [0.1, 0.15) is 11.7 Å². The minimum atomic E-state index is -0.731. The summed E-state index contributed by atoms with van der Waals surface area (Å²) in [5, 5.41) is 5.36. The van der Waals surface area contributed by atoms with Gasteiger partial charge in [0.05, 0.1) is 19.8 Å². The highest BCUT2D eigenvalue weighted by Crippen LogP contribution is 2.32. The fourth-order valence-corrected chi connectivity index (χ4v) is 3.08. The van der Waals surface area contributed by atoms with E-state index in [1.165, 1.54) is 0 Å². The number of rotatable bonds is 6. The van der Waals surface area contributed by atoms with Crippen LogP contribution in [0, 0.1) is 5.92 Å². The van der Waals surface area contributed by atoms with Gasteiger partial charge in [-0.3, -0.25) is 4.79 Å². The number of ether oxygens (including phenoxy) is 2. The highest BCUT2D eigenvalue weighted by atomic mass is 16.5. The van der Waals surface area contributed by atoms with Crippen molar-refractivity contribution < 1.29 is 19.1 Å². The van der Waals surface area contributed by atoms with Gasteiger partial charge in [-0.05, 0) is 23.3 Å². The maximum absolute atomic E-state index is 12.7. The summed E-state index contributed by atoms with van der Waals surface area (Å²) in [6.07, 6.45) is 0.620. The summed E-state index contributed by atoms with van der Waals surface area (Å²) < 4.78 is 10.7. The van der Waals surface area contributed by atoms with E-state index in [0.717, 1.165) is 11.1 Å². The molecular formula is C21H22N2O4. The summed E-state index contributed by atoms with van der Waals surface area (Å²) in [4.78, 5) is 24.7. The number of hydrogen-bond donors (Lipinski definition) is 2. The highest BCUT2D eigenvalue weighted by Gasteiger charge is 2.39. The molecule has 2 aromatic carbocycles. The molecule has 0 unspecified atom stereocenters. The summed E-state index contributed by atoms with van der Waals surface area (Å²) in [5.74, 6) is -0.524. The third-order valence-electron chi connectivity index (χ3n) is 4.45. The molecule has 3 rings (SSSR count). The summed E-state index contributed by atoms with van der Waals surface area (Å²) in [7, 11) is 1.56. The Balaban J connectivity index is 1.73. The average molecular weight is 366 g/mol. The number of benzene rings is 2. The summed E-state index contributed by atoms with van der Waals surface area (Å²) >= 11 is 0. The largest absolute Gasteiger partial charge is 0.497 e. The maximum atomic E-state index is 12.7. The molecule has 1 heterocycles. The Morgan fingerprint density at radius 1 is 1.15 bits per heavy atom. The van der Waals surface area contributed by atoms with Gasteiger partial charge in [-0.1, -0.05) is 49.0 Å². The molecule has 2 amide bonds. The second kappa shape index (κ2) is 8.40. The molecule has 0 aliphatic carbocycles. The van der Waals surface area contributed by atoms with Gasteiger partial charge in [0, 0.05) is 12.1 Å². The van der Waals surface area contributed by atoms with E-state index < -0.39 is 24.0 Å². The number of nitrogens with one attached hydrogen (secondary N) is 2. The Kier molecular flexibility index (Phi) is 5.76. The number of methoxy groups -OCH3 is 1. The Hall–Kier alpha value is -3.28. The molecule has 0 radical (unpaired) electrons. The minimum Gasteiger partial charge on any atom is -0.497 e. The predicted molar refractivity (Wildman–Crippen MR) is 101 cm³/mol. The van der Waals surface area contributed by atoms with Crippen LogP contribution in [0.1, 0.15) is 17.2 Å². The number of amides is 2. The number of hydrogen-bond acceptors (Lipinski definition) is 4. The zero-order valence-electron chi connectivity index (χ0n) is 15.1. The molecular weight excluding hydrogens is 344 g/mol. The van der Waals surface area contributed by atoms with Crippen molar-refractivity contribution in [3.8, 4) is 5.75 Å². The van der Waals surface area contributed by atoms with Crippen molar-refractivity contribution in [1.82, 2.24) is 10.6 Å². The average Bonchev–Trinajstić information content (AvgIpc) is 2.68. The first kappa shape index (κ1) is 18.5. The van der Waals surface area contributed by atoms with Crippen LogP contribution in [0.15, 0.2) is 66.9 Å². The van der Waals surface area contributed by atoms with E-state index >= 15 is 0 Å². The van der Waals surface area contributed by atoms with Gasteiger partial charge in [0.15, 0.2) is 0 Å². The van der Waals surface area contributed by atoms with E-state index in [4.69, 9.17) is 9.47 Å². The zero-order valence-corrected chi connectivity index (χ0v) is 15.1. The fraction of sp³-hybridized carbons (Fsp3) is 0.238. The van der Waals surface area contributed by atoms with Crippen LogP contribution >= 0.6 is 0 Å². The van der Waals surface area contributed by atoms with Crippen molar-refractivity contribution in [2.75, 3.05) is 13.7 Å². The quantitative estimate of drug-likeness (QED) is 0.771. The van der Waals surface area contributed by atoms with E-state index in [1.54, 1.807) is 19.2 Å². The third-order valence-corrected chi connectivity index (χ3v) is 4.45. The highest BCUT2D eigenvalue weighted by molar-refractivity contribution is 5.85. The molecule has 2 atom stereocenters. The molecule has 1 aliphatic rings. The number of esters is 1. The lowest BCUT2D eigenvalue weighted by Crippen LogP contribution is -2.51. The van der Waals surface area contributed by atoms with Crippen LogP contribution in [0.4, 0.5) is 4.79 Å². The third kappa shape index (κ3) is 4.47. The first-order valence-corrected chi connectivity index (χ1v) is 8.69. The van der Waals surface area contributed by atoms with Crippen LogP contribution in [0.25, 0.3) is 0 Å². The van der Waals surface area contributed by atoms with Crippen LogP contribution < -0.4 is 15.4 Å². The number of urea groups is 1. The fourth-order valence-electron chi connectivity index (χ4n) is 3.08. The first-order chi connectivity index (χ1) is 13.1. The SMILES string of the molecule is C=C1NC(=O)N[C@H](c2cccc(OC)c2)[C@H]1C(=O)OCCc1ccccc1. The zero-order chi connectivity index (χ0) is 19.2. The molecule has 1 saturated heterocycles. The predicted octanol–water partition coefficient (Wildman–Crippen LogP) is 2.96. The normalized spacial score (nSPS) is 19.0. The minimum absolute atomic E-state index is 0.255. The van der Waals surface area contributed by atoms with Gasteiger partial charge in [-0.15, -0.1) is 0 Å². The van der Waals surface area contributed by atoms with E-state index in [2.05, 4.69) is 17.2 Å². The Labute approximate surface area is 158 Å². The Bertz CT molecular complexity index is 835. The van der Waals surface area contributed by atoms with E-state index in [-0.39, 0.29) is 6.61 Å². The number of carbonyl (C=O) groups is 2. The maximum Gasteiger partial charge on any atom is 0.319 e. The molecule has 2 aromatic rings. The molecule has 27 heavy (non-hydrogen) atoms. The Morgan fingerprint density at radius 3 is 2.67 bits per heavy atom. The summed E-state index contributed by atoms with van der Waals surface area (Å²) in [6, 6.07) is 16.0. The molecule has 0 aromatic heterocycles. The molecule has 6 heteroatoms. The topological polar surface area (TPSA) is 76.7 Å². The van der Waals surface area contributed by atoms with Crippen molar-refractivity contribution in [2.24, 2.45) is 5.92 Å². The van der Waals surface area contributed by atoms with Crippen LogP contribution in [0.3, 0.4) is 0 Å². The molecule has 0 spiro atoms. The molecule has 2 N–H and O–H groups in total. The van der Waals surface area contributed by atoms with Crippen molar-refractivity contribution >= 4 is 12.0 Å². The molecule has 6 nitrogen and oxygen atoms in total.